The molecule has 90 valence electrons. The van der Waals surface area contributed by atoms with Gasteiger partial charge in [-0.1, -0.05) is 0 Å². The summed E-state index contributed by atoms with van der Waals surface area (Å²) < 4.78 is 1.70. The summed E-state index contributed by atoms with van der Waals surface area (Å²) in [6, 6.07) is 0. The van der Waals surface area contributed by atoms with Crippen molar-refractivity contribution in [3.05, 3.63) is 17.0 Å². The van der Waals surface area contributed by atoms with E-state index in [4.69, 9.17) is 5.11 Å². The van der Waals surface area contributed by atoms with Gasteiger partial charge >= 0.3 is 0 Å². The highest BCUT2D eigenvalue weighted by atomic mass is 16.3. The van der Waals surface area contributed by atoms with E-state index < -0.39 is 0 Å². The van der Waals surface area contributed by atoms with E-state index in [1.807, 2.05) is 27.8 Å². The van der Waals surface area contributed by atoms with Gasteiger partial charge in [0, 0.05) is 25.8 Å². The molecule has 0 aliphatic carbocycles. The van der Waals surface area contributed by atoms with Crippen LogP contribution in [0.25, 0.3) is 0 Å². The number of carbonyl (C=O) groups excluding carboxylic acids is 1. The van der Waals surface area contributed by atoms with E-state index in [1.165, 1.54) is 0 Å². The van der Waals surface area contributed by atoms with E-state index in [-0.39, 0.29) is 12.5 Å². The van der Waals surface area contributed by atoms with Crippen LogP contribution in [0, 0.1) is 13.8 Å². The minimum Gasteiger partial charge on any atom is -0.395 e. The highest BCUT2D eigenvalue weighted by Crippen LogP contribution is 2.14. The number of rotatable bonds is 4. The summed E-state index contributed by atoms with van der Waals surface area (Å²) in [6.07, 6.45) is 0. The van der Waals surface area contributed by atoms with Crippen molar-refractivity contribution in [3.8, 4) is 0 Å². The van der Waals surface area contributed by atoms with E-state index in [9.17, 15) is 4.79 Å². The number of hydrogen-bond donors (Lipinski definition) is 1. The highest BCUT2D eigenvalue weighted by molar-refractivity contribution is 5.96. The Kier molecular flexibility index (Phi) is 4.06. The molecule has 1 N–H and O–H groups in total. The normalized spacial score (nSPS) is 10.6. The van der Waals surface area contributed by atoms with Gasteiger partial charge in [0.1, 0.15) is 0 Å². The molecule has 1 rings (SSSR count). The van der Waals surface area contributed by atoms with Crippen molar-refractivity contribution in [2.75, 3.05) is 19.7 Å². The Morgan fingerprint density at radius 3 is 2.50 bits per heavy atom. The van der Waals surface area contributed by atoms with Gasteiger partial charge in [-0.2, -0.15) is 5.10 Å². The molecule has 0 aliphatic rings. The Labute approximate surface area is 95.7 Å². The smallest absolute Gasteiger partial charge is 0.257 e. The number of nitrogens with zero attached hydrogens (tertiary/aromatic N) is 3. The van der Waals surface area contributed by atoms with Crippen LogP contribution in [0.3, 0.4) is 0 Å². The van der Waals surface area contributed by atoms with Crippen LogP contribution in [0.15, 0.2) is 0 Å². The number of hydrogen-bond acceptors (Lipinski definition) is 3. The Morgan fingerprint density at radius 2 is 2.12 bits per heavy atom. The van der Waals surface area contributed by atoms with Crippen LogP contribution in [0.5, 0.6) is 0 Å². The summed E-state index contributed by atoms with van der Waals surface area (Å²) in [7, 11) is 1.82. The maximum Gasteiger partial charge on any atom is 0.257 e. The molecule has 0 bridgehead atoms. The molecule has 5 nitrogen and oxygen atoms in total. The molecule has 1 aromatic heterocycles. The molecule has 0 saturated heterocycles. The molecular weight excluding hydrogens is 206 g/mol. The first-order valence-corrected chi connectivity index (χ1v) is 5.43. The third-order valence-corrected chi connectivity index (χ3v) is 2.76. The quantitative estimate of drug-likeness (QED) is 0.811. The lowest BCUT2D eigenvalue weighted by Crippen LogP contribution is -2.34. The minimum atomic E-state index is -0.0559. The lowest BCUT2D eigenvalue weighted by molar-refractivity contribution is 0.0730. The topological polar surface area (TPSA) is 58.4 Å². The molecule has 0 unspecified atom stereocenters. The lowest BCUT2D eigenvalue weighted by Gasteiger charge is -2.19. The molecule has 0 radical (unpaired) electrons. The average molecular weight is 225 g/mol. The fourth-order valence-electron chi connectivity index (χ4n) is 1.77. The summed E-state index contributed by atoms with van der Waals surface area (Å²) in [5.41, 5.74) is 2.25. The van der Waals surface area contributed by atoms with Gasteiger partial charge in [0.15, 0.2) is 0 Å². The second-order valence-corrected chi connectivity index (χ2v) is 3.78. The van der Waals surface area contributed by atoms with Gasteiger partial charge in [-0.3, -0.25) is 9.48 Å². The fourth-order valence-corrected chi connectivity index (χ4v) is 1.77. The largest absolute Gasteiger partial charge is 0.395 e. The molecule has 0 atom stereocenters. The van der Waals surface area contributed by atoms with Crippen LogP contribution >= 0.6 is 0 Å². The van der Waals surface area contributed by atoms with Crippen LogP contribution < -0.4 is 0 Å². The van der Waals surface area contributed by atoms with Crippen molar-refractivity contribution in [3.63, 3.8) is 0 Å². The monoisotopic (exact) mass is 225 g/mol. The van der Waals surface area contributed by atoms with Crippen molar-refractivity contribution >= 4 is 5.91 Å². The Bertz CT molecular complexity index is 385. The maximum atomic E-state index is 12.2. The van der Waals surface area contributed by atoms with E-state index >= 15 is 0 Å². The van der Waals surface area contributed by atoms with Crippen molar-refractivity contribution in [1.82, 2.24) is 14.7 Å². The van der Waals surface area contributed by atoms with Crippen LogP contribution in [0.2, 0.25) is 0 Å². The van der Waals surface area contributed by atoms with Gasteiger partial charge in [-0.15, -0.1) is 0 Å². The maximum absolute atomic E-state index is 12.2. The molecule has 1 amide bonds. The standard InChI is InChI=1S/C11H19N3O2/c1-5-14(6-7-15)11(16)10-8(2)12-13(4)9(10)3/h15H,5-7H2,1-4H3. The summed E-state index contributed by atoms with van der Waals surface area (Å²) in [5, 5.41) is 13.1. The van der Waals surface area contributed by atoms with E-state index in [2.05, 4.69) is 5.10 Å². The number of likely N-dealkylation sites (N-methyl/N-ethyl adjacent to an activating group) is 1. The molecule has 0 saturated carbocycles. The first kappa shape index (κ1) is 12.7. The number of aliphatic hydroxyl groups excluding tert-OH is 1. The summed E-state index contributed by atoms with van der Waals surface area (Å²) in [6.45, 7) is 6.54. The molecule has 1 heterocycles. The van der Waals surface area contributed by atoms with Gasteiger partial charge < -0.3 is 10.0 Å². The molecule has 16 heavy (non-hydrogen) atoms. The van der Waals surface area contributed by atoms with Gasteiger partial charge in [-0.05, 0) is 20.8 Å². The lowest BCUT2D eigenvalue weighted by atomic mass is 10.1. The van der Waals surface area contributed by atoms with E-state index in [1.54, 1.807) is 9.58 Å². The van der Waals surface area contributed by atoms with E-state index in [0.29, 0.717) is 18.7 Å². The van der Waals surface area contributed by atoms with Crippen molar-refractivity contribution < 1.29 is 9.90 Å². The Balaban J connectivity index is 3.03. The zero-order valence-corrected chi connectivity index (χ0v) is 10.3. The second kappa shape index (κ2) is 5.12. The highest BCUT2D eigenvalue weighted by Gasteiger charge is 2.21. The van der Waals surface area contributed by atoms with Crippen LogP contribution in [0.1, 0.15) is 28.7 Å². The number of aryl methyl sites for hydroxylation is 2. The predicted octanol–water partition coefficient (Wildman–Crippen LogP) is 0.491. The van der Waals surface area contributed by atoms with Gasteiger partial charge in [0.25, 0.3) is 5.91 Å². The second-order valence-electron chi connectivity index (χ2n) is 3.78. The molecule has 0 aliphatic heterocycles. The number of aliphatic hydroxyl groups is 1. The van der Waals surface area contributed by atoms with Crippen LogP contribution in [-0.4, -0.2) is 45.4 Å². The third-order valence-electron chi connectivity index (χ3n) is 2.76. The number of carbonyl (C=O) groups is 1. The summed E-state index contributed by atoms with van der Waals surface area (Å²) in [5.74, 6) is -0.0559. The molecular formula is C11H19N3O2. The first-order chi connectivity index (χ1) is 7.52. The Hall–Kier alpha value is -1.36. The SMILES string of the molecule is CCN(CCO)C(=O)c1c(C)nn(C)c1C. The number of aromatic nitrogens is 2. The van der Waals surface area contributed by atoms with Gasteiger partial charge in [-0.25, -0.2) is 0 Å². The molecule has 0 spiro atoms. The fraction of sp³-hybridized carbons (Fsp3) is 0.636. The minimum absolute atomic E-state index is 0.0159. The molecule has 0 fully saturated rings. The Morgan fingerprint density at radius 1 is 1.50 bits per heavy atom. The predicted molar refractivity (Wildman–Crippen MR) is 61.3 cm³/mol. The molecule has 0 aromatic carbocycles. The third kappa shape index (κ3) is 2.24. The average Bonchev–Trinajstić information content (AvgIpc) is 2.49. The molecule has 1 aromatic rings. The first-order valence-electron chi connectivity index (χ1n) is 5.43. The van der Waals surface area contributed by atoms with Gasteiger partial charge in [0.2, 0.25) is 0 Å². The van der Waals surface area contributed by atoms with Crippen molar-refractivity contribution in [1.29, 1.82) is 0 Å². The van der Waals surface area contributed by atoms with Crippen molar-refractivity contribution in [2.24, 2.45) is 7.05 Å². The van der Waals surface area contributed by atoms with Gasteiger partial charge in [0.05, 0.1) is 17.9 Å². The zero-order chi connectivity index (χ0) is 12.3. The molecule has 5 heteroatoms. The van der Waals surface area contributed by atoms with Crippen LogP contribution in [-0.2, 0) is 7.05 Å². The van der Waals surface area contributed by atoms with Crippen molar-refractivity contribution in [2.45, 2.75) is 20.8 Å². The van der Waals surface area contributed by atoms with Crippen LogP contribution in [0.4, 0.5) is 0 Å². The number of amides is 1. The zero-order valence-electron chi connectivity index (χ0n) is 10.3. The summed E-state index contributed by atoms with van der Waals surface area (Å²) >= 11 is 0. The summed E-state index contributed by atoms with van der Waals surface area (Å²) in [4.78, 5) is 13.8. The van der Waals surface area contributed by atoms with E-state index in [0.717, 1.165) is 11.4 Å².